The minimum atomic E-state index is -0.526. The van der Waals surface area contributed by atoms with Gasteiger partial charge in [0.25, 0.3) is 0 Å². The molecule has 0 aliphatic heterocycles. The first-order valence-corrected chi connectivity index (χ1v) is 6.94. The molecule has 1 unspecified atom stereocenters. The SMILES string of the molecule is Cc1nc(CC(O)c2cnn(C(C)C)c2)sc1C. The van der Waals surface area contributed by atoms with Gasteiger partial charge in [-0.15, -0.1) is 11.3 Å². The number of nitrogens with zero attached hydrogens (tertiary/aromatic N) is 3. The van der Waals surface area contributed by atoms with E-state index in [4.69, 9.17) is 0 Å². The van der Waals surface area contributed by atoms with E-state index < -0.39 is 6.10 Å². The summed E-state index contributed by atoms with van der Waals surface area (Å²) in [6, 6.07) is 0.315. The molecule has 2 heterocycles. The second-order valence-electron chi connectivity index (χ2n) is 4.82. The topological polar surface area (TPSA) is 50.9 Å². The van der Waals surface area contributed by atoms with E-state index in [1.807, 2.05) is 17.8 Å². The smallest absolute Gasteiger partial charge is 0.0960 e. The van der Waals surface area contributed by atoms with E-state index >= 15 is 0 Å². The molecule has 0 radical (unpaired) electrons. The summed E-state index contributed by atoms with van der Waals surface area (Å²) in [4.78, 5) is 5.67. The van der Waals surface area contributed by atoms with Gasteiger partial charge >= 0.3 is 0 Å². The van der Waals surface area contributed by atoms with Crippen LogP contribution in [0.1, 0.15) is 47.1 Å². The van der Waals surface area contributed by atoms with Gasteiger partial charge in [-0.05, 0) is 27.7 Å². The van der Waals surface area contributed by atoms with Crippen molar-refractivity contribution in [2.24, 2.45) is 0 Å². The highest BCUT2D eigenvalue weighted by Gasteiger charge is 2.14. The molecule has 0 saturated carbocycles. The molecule has 0 bridgehead atoms. The summed E-state index contributed by atoms with van der Waals surface area (Å²) in [6.45, 7) is 8.19. The third kappa shape index (κ3) is 2.79. The van der Waals surface area contributed by atoms with Crippen molar-refractivity contribution in [1.29, 1.82) is 0 Å². The zero-order valence-electron chi connectivity index (χ0n) is 11.2. The molecule has 5 heteroatoms. The first-order chi connectivity index (χ1) is 8.47. The number of hydrogen-bond acceptors (Lipinski definition) is 4. The number of rotatable bonds is 4. The number of aliphatic hydroxyl groups is 1. The fourth-order valence-electron chi connectivity index (χ4n) is 1.72. The molecule has 0 aliphatic carbocycles. The van der Waals surface area contributed by atoms with Gasteiger partial charge in [-0.3, -0.25) is 4.68 Å². The highest BCUT2D eigenvalue weighted by molar-refractivity contribution is 7.11. The summed E-state index contributed by atoms with van der Waals surface area (Å²) in [5.74, 6) is 0. The third-order valence-corrected chi connectivity index (χ3v) is 4.07. The molecule has 0 aliphatic rings. The minimum Gasteiger partial charge on any atom is -0.388 e. The summed E-state index contributed by atoms with van der Waals surface area (Å²) >= 11 is 1.65. The van der Waals surface area contributed by atoms with E-state index in [-0.39, 0.29) is 0 Å². The molecule has 0 amide bonds. The van der Waals surface area contributed by atoms with E-state index in [2.05, 4.69) is 30.9 Å². The van der Waals surface area contributed by atoms with Gasteiger partial charge < -0.3 is 5.11 Å². The number of aryl methyl sites for hydroxylation is 2. The van der Waals surface area contributed by atoms with Crippen molar-refractivity contribution in [3.63, 3.8) is 0 Å². The second kappa shape index (κ2) is 5.20. The Labute approximate surface area is 111 Å². The van der Waals surface area contributed by atoms with E-state index in [0.29, 0.717) is 12.5 Å². The molecule has 98 valence electrons. The molecule has 0 fully saturated rings. The van der Waals surface area contributed by atoms with Gasteiger partial charge in [0.2, 0.25) is 0 Å². The van der Waals surface area contributed by atoms with Gasteiger partial charge in [-0.25, -0.2) is 4.98 Å². The fourth-order valence-corrected chi connectivity index (χ4v) is 2.69. The van der Waals surface area contributed by atoms with E-state index in [0.717, 1.165) is 16.3 Å². The van der Waals surface area contributed by atoms with Crippen LogP contribution in [0.5, 0.6) is 0 Å². The van der Waals surface area contributed by atoms with Crippen LogP contribution in [0, 0.1) is 13.8 Å². The quantitative estimate of drug-likeness (QED) is 0.924. The molecule has 0 aromatic carbocycles. The fraction of sp³-hybridized carbons (Fsp3) is 0.538. The third-order valence-electron chi connectivity index (χ3n) is 2.98. The highest BCUT2D eigenvalue weighted by Crippen LogP contribution is 2.23. The molecule has 1 atom stereocenters. The van der Waals surface area contributed by atoms with Crippen molar-refractivity contribution in [2.75, 3.05) is 0 Å². The number of thiazole rings is 1. The van der Waals surface area contributed by atoms with Crippen LogP contribution in [0.4, 0.5) is 0 Å². The van der Waals surface area contributed by atoms with E-state index in [9.17, 15) is 5.11 Å². The Hall–Kier alpha value is -1.20. The molecule has 1 N–H and O–H groups in total. The Morgan fingerprint density at radius 2 is 2.11 bits per heavy atom. The molecular formula is C13H19N3OS. The lowest BCUT2D eigenvalue weighted by Crippen LogP contribution is -2.02. The van der Waals surface area contributed by atoms with Gasteiger partial charge in [0.15, 0.2) is 0 Å². The average Bonchev–Trinajstić information content (AvgIpc) is 2.87. The number of aliphatic hydroxyl groups excluding tert-OH is 1. The van der Waals surface area contributed by atoms with Crippen LogP contribution >= 0.6 is 11.3 Å². The predicted molar refractivity (Wildman–Crippen MR) is 72.9 cm³/mol. The molecule has 2 aromatic rings. The monoisotopic (exact) mass is 265 g/mol. The molecule has 2 aromatic heterocycles. The zero-order chi connectivity index (χ0) is 13.3. The lowest BCUT2D eigenvalue weighted by atomic mass is 10.1. The summed E-state index contributed by atoms with van der Waals surface area (Å²) in [7, 11) is 0. The Balaban J connectivity index is 2.09. The van der Waals surface area contributed by atoms with Crippen molar-refractivity contribution in [2.45, 2.75) is 46.3 Å². The normalized spacial score (nSPS) is 13.2. The maximum absolute atomic E-state index is 10.2. The highest BCUT2D eigenvalue weighted by atomic mass is 32.1. The molecular weight excluding hydrogens is 246 g/mol. The predicted octanol–water partition coefficient (Wildman–Crippen LogP) is 2.81. The van der Waals surface area contributed by atoms with Crippen LogP contribution in [0.2, 0.25) is 0 Å². The summed E-state index contributed by atoms with van der Waals surface area (Å²) in [5.41, 5.74) is 1.91. The largest absolute Gasteiger partial charge is 0.388 e. The van der Waals surface area contributed by atoms with Crippen molar-refractivity contribution in [1.82, 2.24) is 14.8 Å². The first kappa shape index (κ1) is 13.2. The Morgan fingerprint density at radius 1 is 1.39 bits per heavy atom. The van der Waals surface area contributed by atoms with Crippen LogP contribution in [0.3, 0.4) is 0 Å². The molecule has 18 heavy (non-hydrogen) atoms. The van der Waals surface area contributed by atoms with Gasteiger partial charge in [-0.1, -0.05) is 0 Å². The first-order valence-electron chi connectivity index (χ1n) is 6.12. The van der Waals surface area contributed by atoms with Gasteiger partial charge in [-0.2, -0.15) is 5.10 Å². The lowest BCUT2D eigenvalue weighted by Gasteiger charge is -2.06. The summed E-state index contributed by atoms with van der Waals surface area (Å²) in [5, 5.41) is 15.4. The molecule has 4 nitrogen and oxygen atoms in total. The van der Waals surface area contributed by atoms with Crippen LogP contribution < -0.4 is 0 Å². The van der Waals surface area contributed by atoms with E-state index in [1.54, 1.807) is 17.5 Å². The number of hydrogen-bond donors (Lipinski definition) is 1. The van der Waals surface area contributed by atoms with Gasteiger partial charge in [0, 0.05) is 29.1 Å². The molecule has 0 saturated heterocycles. The zero-order valence-corrected chi connectivity index (χ0v) is 12.0. The minimum absolute atomic E-state index is 0.315. The Kier molecular flexibility index (Phi) is 3.82. The van der Waals surface area contributed by atoms with Gasteiger partial charge in [0.05, 0.1) is 23.0 Å². The van der Waals surface area contributed by atoms with Crippen LogP contribution in [-0.4, -0.2) is 19.9 Å². The maximum Gasteiger partial charge on any atom is 0.0960 e. The van der Waals surface area contributed by atoms with Crippen molar-refractivity contribution in [3.05, 3.63) is 33.5 Å². The second-order valence-corrected chi connectivity index (χ2v) is 6.10. The van der Waals surface area contributed by atoms with Gasteiger partial charge in [0.1, 0.15) is 0 Å². The van der Waals surface area contributed by atoms with Crippen LogP contribution in [0.15, 0.2) is 12.4 Å². The van der Waals surface area contributed by atoms with Crippen LogP contribution in [0.25, 0.3) is 0 Å². The molecule has 0 spiro atoms. The molecule has 2 rings (SSSR count). The lowest BCUT2D eigenvalue weighted by molar-refractivity contribution is 0.178. The standard InChI is InChI=1S/C13H19N3OS/c1-8(2)16-7-11(6-14-16)12(17)5-13-15-9(3)10(4)18-13/h6-8,12,17H,5H2,1-4H3. The van der Waals surface area contributed by atoms with Crippen molar-refractivity contribution >= 4 is 11.3 Å². The number of aromatic nitrogens is 3. The average molecular weight is 265 g/mol. The van der Waals surface area contributed by atoms with Crippen LogP contribution in [-0.2, 0) is 6.42 Å². The summed E-state index contributed by atoms with van der Waals surface area (Å²) < 4.78 is 1.86. The Bertz CT molecular complexity index is 511. The van der Waals surface area contributed by atoms with Crippen molar-refractivity contribution in [3.8, 4) is 0 Å². The maximum atomic E-state index is 10.2. The van der Waals surface area contributed by atoms with Crippen molar-refractivity contribution < 1.29 is 5.11 Å². The van der Waals surface area contributed by atoms with E-state index in [1.165, 1.54) is 4.88 Å². The summed E-state index contributed by atoms with van der Waals surface area (Å²) in [6.07, 6.45) is 3.67. The Morgan fingerprint density at radius 3 is 2.61 bits per heavy atom.